The van der Waals surface area contributed by atoms with E-state index in [-0.39, 0.29) is 5.91 Å². The highest BCUT2D eigenvalue weighted by molar-refractivity contribution is 8.00. The smallest absolute Gasteiger partial charge is 0.325 e. The normalized spacial score (nSPS) is 15.1. The van der Waals surface area contributed by atoms with Crippen LogP contribution in [0.2, 0.25) is 0 Å². The topological polar surface area (TPSA) is 95.5 Å². The Balaban J connectivity index is 2.17. The number of carboxylic acids is 1. The van der Waals surface area contributed by atoms with Crippen molar-refractivity contribution in [3.63, 3.8) is 0 Å². The van der Waals surface area contributed by atoms with Crippen LogP contribution in [-0.2, 0) is 9.59 Å². The van der Waals surface area contributed by atoms with E-state index in [0.717, 1.165) is 4.90 Å². The number of anilines is 1. The van der Waals surface area contributed by atoms with Gasteiger partial charge >= 0.3 is 5.97 Å². The first-order valence-corrected chi connectivity index (χ1v) is 6.56. The average Bonchev–Trinajstić information content (AvgIpc) is 2.37. The molecule has 3 N–H and O–H groups in total. The predicted octanol–water partition coefficient (Wildman–Crippen LogP) is 0.934. The average molecular weight is 280 g/mol. The zero-order valence-electron chi connectivity index (χ0n) is 10.1. The number of nitrogens with one attached hydrogen (secondary N) is 2. The Morgan fingerprint density at radius 2 is 2.21 bits per heavy atom. The van der Waals surface area contributed by atoms with Crippen LogP contribution in [0.4, 0.5) is 5.69 Å². The van der Waals surface area contributed by atoms with Gasteiger partial charge in [-0.2, -0.15) is 0 Å². The van der Waals surface area contributed by atoms with Crippen molar-refractivity contribution in [3.8, 4) is 0 Å². The van der Waals surface area contributed by atoms with Gasteiger partial charge in [-0.25, -0.2) is 0 Å². The lowest BCUT2D eigenvalue weighted by atomic mass is 10.1. The SMILES string of the molecule is CC(NC(=O)c1ccc2c(c1)NC(=O)CS2)C(=O)O. The van der Waals surface area contributed by atoms with Crippen LogP contribution in [0.5, 0.6) is 0 Å². The maximum atomic E-state index is 11.8. The zero-order chi connectivity index (χ0) is 14.0. The Bertz CT molecular complexity index is 559. The molecule has 1 heterocycles. The Morgan fingerprint density at radius 1 is 1.47 bits per heavy atom. The molecule has 0 fully saturated rings. The molecular formula is C12H12N2O4S. The van der Waals surface area contributed by atoms with E-state index in [4.69, 9.17) is 5.11 Å². The van der Waals surface area contributed by atoms with Crippen LogP contribution in [0.1, 0.15) is 17.3 Å². The summed E-state index contributed by atoms with van der Waals surface area (Å²) in [5, 5.41) is 13.8. The number of benzene rings is 1. The number of hydrogen-bond donors (Lipinski definition) is 3. The van der Waals surface area contributed by atoms with Gasteiger partial charge in [0.1, 0.15) is 6.04 Å². The molecule has 7 heteroatoms. The molecule has 6 nitrogen and oxygen atoms in total. The molecule has 19 heavy (non-hydrogen) atoms. The van der Waals surface area contributed by atoms with Gasteiger partial charge in [-0.1, -0.05) is 0 Å². The predicted molar refractivity (Wildman–Crippen MR) is 70.4 cm³/mol. The number of carboxylic acid groups (broad SMARTS) is 1. The zero-order valence-corrected chi connectivity index (χ0v) is 10.9. The van der Waals surface area contributed by atoms with Gasteiger partial charge in [0.25, 0.3) is 5.91 Å². The largest absolute Gasteiger partial charge is 0.480 e. The molecule has 0 spiro atoms. The third-order valence-electron chi connectivity index (χ3n) is 2.59. The first-order chi connectivity index (χ1) is 8.97. The third-order valence-corrected chi connectivity index (χ3v) is 3.67. The Morgan fingerprint density at radius 3 is 2.89 bits per heavy atom. The van der Waals surface area contributed by atoms with Crippen LogP contribution >= 0.6 is 11.8 Å². The van der Waals surface area contributed by atoms with Gasteiger partial charge in [-0.05, 0) is 25.1 Å². The fourth-order valence-corrected chi connectivity index (χ4v) is 2.35. The van der Waals surface area contributed by atoms with Gasteiger partial charge in [-0.3, -0.25) is 14.4 Å². The molecule has 0 aliphatic carbocycles. The van der Waals surface area contributed by atoms with E-state index in [1.54, 1.807) is 18.2 Å². The summed E-state index contributed by atoms with van der Waals surface area (Å²) >= 11 is 1.40. The van der Waals surface area contributed by atoms with Crippen molar-refractivity contribution in [3.05, 3.63) is 23.8 Å². The molecule has 2 amide bonds. The Labute approximate surface area is 113 Å². The highest BCUT2D eigenvalue weighted by atomic mass is 32.2. The van der Waals surface area contributed by atoms with E-state index in [9.17, 15) is 14.4 Å². The number of carbonyl (C=O) groups is 3. The highest BCUT2D eigenvalue weighted by Crippen LogP contribution is 2.31. The molecule has 0 radical (unpaired) electrons. The molecule has 1 aromatic rings. The third kappa shape index (κ3) is 3.05. The molecule has 0 saturated carbocycles. The molecule has 1 aliphatic heterocycles. The lowest BCUT2D eigenvalue weighted by Crippen LogP contribution is -2.38. The van der Waals surface area contributed by atoms with Crippen LogP contribution in [0, 0.1) is 0 Å². The second-order valence-electron chi connectivity index (χ2n) is 4.08. The monoisotopic (exact) mass is 280 g/mol. The summed E-state index contributed by atoms with van der Waals surface area (Å²) in [6.07, 6.45) is 0. The second-order valence-corrected chi connectivity index (χ2v) is 5.10. The van der Waals surface area contributed by atoms with Crippen LogP contribution < -0.4 is 10.6 Å². The summed E-state index contributed by atoms with van der Waals surface area (Å²) in [7, 11) is 0. The van der Waals surface area contributed by atoms with E-state index in [0.29, 0.717) is 17.0 Å². The minimum atomic E-state index is -1.10. The van der Waals surface area contributed by atoms with Crippen molar-refractivity contribution in [2.45, 2.75) is 17.9 Å². The van der Waals surface area contributed by atoms with Crippen molar-refractivity contribution in [2.75, 3.05) is 11.1 Å². The number of aliphatic carboxylic acids is 1. The lowest BCUT2D eigenvalue weighted by molar-refractivity contribution is -0.138. The second kappa shape index (κ2) is 5.31. The first kappa shape index (κ1) is 13.4. The van der Waals surface area contributed by atoms with Crippen LogP contribution in [0.25, 0.3) is 0 Å². The van der Waals surface area contributed by atoms with E-state index in [2.05, 4.69) is 10.6 Å². The Hall–Kier alpha value is -2.02. The number of fused-ring (bicyclic) bond motifs is 1. The fourth-order valence-electron chi connectivity index (χ4n) is 1.57. The summed E-state index contributed by atoms with van der Waals surface area (Å²) in [4.78, 5) is 34.7. The van der Waals surface area contributed by atoms with Crippen LogP contribution in [0.3, 0.4) is 0 Å². The molecule has 2 rings (SSSR count). The minimum Gasteiger partial charge on any atom is -0.480 e. The van der Waals surface area contributed by atoms with E-state index >= 15 is 0 Å². The maximum absolute atomic E-state index is 11.8. The maximum Gasteiger partial charge on any atom is 0.325 e. The van der Waals surface area contributed by atoms with Gasteiger partial charge < -0.3 is 15.7 Å². The summed E-state index contributed by atoms with van der Waals surface area (Å²) < 4.78 is 0. The van der Waals surface area contributed by atoms with Crippen LogP contribution in [0.15, 0.2) is 23.1 Å². The number of carbonyl (C=O) groups excluding carboxylic acids is 2. The van der Waals surface area contributed by atoms with Gasteiger partial charge in [0.2, 0.25) is 5.91 Å². The Kier molecular flexibility index (Phi) is 3.75. The van der Waals surface area contributed by atoms with Crippen molar-refractivity contribution < 1.29 is 19.5 Å². The summed E-state index contributed by atoms with van der Waals surface area (Å²) in [5.74, 6) is -1.35. The highest BCUT2D eigenvalue weighted by Gasteiger charge is 2.19. The molecule has 1 aliphatic rings. The molecule has 1 unspecified atom stereocenters. The lowest BCUT2D eigenvalue weighted by Gasteiger charge is -2.17. The van der Waals surface area contributed by atoms with E-state index < -0.39 is 17.9 Å². The molecular weight excluding hydrogens is 268 g/mol. The summed E-state index contributed by atoms with van der Waals surface area (Å²) in [6, 6.07) is 3.92. The van der Waals surface area contributed by atoms with Crippen molar-refractivity contribution in [2.24, 2.45) is 0 Å². The van der Waals surface area contributed by atoms with Crippen LogP contribution in [-0.4, -0.2) is 34.7 Å². The molecule has 0 bridgehead atoms. The number of hydrogen-bond acceptors (Lipinski definition) is 4. The van der Waals surface area contributed by atoms with Gasteiger partial charge in [0.15, 0.2) is 0 Å². The van der Waals surface area contributed by atoms with Crippen molar-refractivity contribution in [1.82, 2.24) is 5.32 Å². The molecule has 0 saturated heterocycles. The first-order valence-electron chi connectivity index (χ1n) is 5.58. The number of thioether (sulfide) groups is 1. The van der Waals surface area contributed by atoms with Gasteiger partial charge in [-0.15, -0.1) is 11.8 Å². The van der Waals surface area contributed by atoms with Gasteiger partial charge in [0, 0.05) is 10.5 Å². The standard InChI is InChI=1S/C12H12N2O4S/c1-6(12(17)18)13-11(16)7-2-3-9-8(4-7)14-10(15)5-19-9/h2-4,6H,5H2,1H3,(H,13,16)(H,14,15)(H,17,18). The van der Waals surface area contributed by atoms with Crippen molar-refractivity contribution >= 4 is 35.2 Å². The van der Waals surface area contributed by atoms with E-state index in [1.807, 2.05) is 0 Å². The van der Waals surface area contributed by atoms with Crippen molar-refractivity contribution in [1.29, 1.82) is 0 Å². The summed E-state index contributed by atoms with van der Waals surface area (Å²) in [6.45, 7) is 1.39. The fraction of sp³-hybridized carbons (Fsp3) is 0.250. The molecule has 1 aromatic carbocycles. The quantitative estimate of drug-likeness (QED) is 0.765. The minimum absolute atomic E-state index is 0.117. The number of amides is 2. The van der Waals surface area contributed by atoms with Gasteiger partial charge in [0.05, 0.1) is 11.4 Å². The van der Waals surface area contributed by atoms with E-state index in [1.165, 1.54) is 18.7 Å². The molecule has 0 aromatic heterocycles. The molecule has 1 atom stereocenters. The summed E-state index contributed by atoms with van der Waals surface area (Å²) in [5.41, 5.74) is 0.895. The molecule has 100 valence electrons. The number of rotatable bonds is 3.